The van der Waals surface area contributed by atoms with Gasteiger partial charge in [0.2, 0.25) is 0 Å². The average molecular weight is 270 g/mol. The Kier molecular flexibility index (Phi) is 5.10. The van der Waals surface area contributed by atoms with Crippen molar-refractivity contribution >= 4 is 16.3 Å². The molecule has 6 heteroatoms. The summed E-state index contributed by atoms with van der Waals surface area (Å²) in [6.45, 7) is 2.19. The Labute approximate surface area is 110 Å². The lowest BCUT2D eigenvalue weighted by Crippen LogP contribution is -2.21. The van der Waals surface area contributed by atoms with Gasteiger partial charge < -0.3 is 10.1 Å². The minimum Gasteiger partial charge on any atom is -0.377 e. The van der Waals surface area contributed by atoms with E-state index < -0.39 is 0 Å². The maximum atomic E-state index is 10.5. The van der Waals surface area contributed by atoms with Gasteiger partial charge in [-0.2, -0.15) is 0 Å². The fourth-order valence-corrected chi connectivity index (χ4v) is 2.91. The Bertz CT molecular complexity index is 388. The maximum Gasteiger partial charge on any atom is 0.324 e. The summed E-state index contributed by atoms with van der Waals surface area (Å²) in [5, 5.41) is 14.0. The van der Waals surface area contributed by atoms with E-state index in [1.165, 1.54) is 37.0 Å². The van der Waals surface area contributed by atoms with E-state index in [0.717, 1.165) is 18.0 Å². The van der Waals surface area contributed by atoms with Crippen LogP contribution >= 0.6 is 11.3 Å². The van der Waals surface area contributed by atoms with E-state index in [0.29, 0.717) is 12.6 Å². The van der Waals surface area contributed by atoms with Crippen LogP contribution in [-0.2, 0) is 11.3 Å². The number of hydrogen-bond donors (Lipinski definition) is 1. The molecule has 0 radical (unpaired) electrons. The summed E-state index contributed by atoms with van der Waals surface area (Å²) in [4.78, 5) is 11.2. The minimum atomic E-state index is -0.350. The number of nitro groups is 1. The lowest BCUT2D eigenvalue weighted by atomic mass is 10.3. The monoisotopic (exact) mass is 270 g/mol. The molecule has 18 heavy (non-hydrogen) atoms. The van der Waals surface area contributed by atoms with E-state index in [2.05, 4.69) is 5.32 Å². The summed E-state index contributed by atoms with van der Waals surface area (Å²) < 4.78 is 5.72. The van der Waals surface area contributed by atoms with E-state index >= 15 is 0 Å². The molecular weight excluding hydrogens is 252 g/mol. The van der Waals surface area contributed by atoms with Gasteiger partial charge in [0.1, 0.15) is 0 Å². The fraction of sp³-hybridized carbons (Fsp3) is 0.667. The molecule has 0 aromatic carbocycles. The molecule has 2 rings (SSSR count). The molecule has 1 N–H and O–H groups in total. The molecule has 1 heterocycles. The van der Waals surface area contributed by atoms with Crippen molar-refractivity contribution in [2.45, 2.75) is 38.3 Å². The van der Waals surface area contributed by atoms with Crippen molar-refractivity contribution in [3.05, 3.63) is 27.1 Å². The Morgan fingerprint density at radius 3 is 2.89 bits per heavy atom. The van der Waals surface area contributed by atoms with Crippen LogP contribution in [0.2, 0.25) is 0 Å². The fourth-order valence-electron chi connectivity index (χ4n) is 2.12. The van der Waals surface area contributed by atoms with Crippen molar-refractivity contribution in [2.75, 3.05) is 13.2 Å². The van der Waals surface area contributed by atoms with Crippen molar-refractivity contribution in [3.8, 4) is 0 Å². The van der Waals surface area contributed by atoms with Crippen molar-refractivity contribution in [3.63, 3.8) is 0 Å². The van der Waals surface area contributed by atoms with Crippen LogP contribution in [0.4, 0.5) is 5.00 Å². The zero-order valence-electron chi connectivity index (χ0n) is 10.3. The highest BCUT2D eigenvalue weighted by atomic mass is 32.1. The maximum absolute atomic E-state index is 10.5. The first-order valence-corrected chi connectivity index (χ1v) is 7.13. The van der Waals surface area contributed by atoms with Gasteiger partial charge in [-0.25, -0.2) is 0 Å². The summed E-state index contributed by atoms with van der Waals surface area (Å²) in [6.07, 6.45) is 5.41. The molecule has 0 saturated heterocycles. The molecule has 100 valence electrons. The van der Waals surface area contributed by atoms with Crippen LogP contribution in [0.5, 0.6) is 0 Å². The van der Waals surface area contributed by atoms with Gasteiger partial charge in [0.15, 0.2) is 0 Å². The first-order valence-electron chi connectivity index (χ1n) is 6.31. The van der Waals surface area contributed by atoms with Gasteiger partial charge in [0.05, 0.1) is 17.6 Å². The zero-order valence-corrected chi connectivity index (χ0v) is 11.1. The van der Waals surface area contributed by atoms with Gasteiger partial charge in [-0.15, -0.1) is 0 Å². The summed E-state index contributed by atoms with van der Waals surface area (Å²) >= 11 is 1.22. The van der Waals surface area contributed by atoms with Crippen molar-refractivity contribution in [2.24, 2.45) is 0 Å². The first-order chi connectivity index (χ1) is 8.75. The van der Waals surface area contributed by atoms with E-state index in [-0.39, 0.29) is 9.92 Å². The van der Waals surface area contributed by atoms with E-state index in [4.69, 9.17) is 4.74 Å². The largest absolute Gasteiger partial charge is 0.377 e. The SMILES string of the molecule is O=[N+]([O-])c1ccc(CNCCOC2CCCC2)s1. The van der Waals surface area contributed by atoms with Gasteiger partial charge in [0, 0.05) is 24.0 Å². The quantitative estimate of drug-likeness (QED) is 0.470. The van der Waals surface area contributed by atoms with Crippen LogP contribution in [0, 0.1) is 10.1 Å². The third-order valence-corrected chi connectivity index (χ3v) is 4.10. The normalized spacial score (nSPS) is 16.2. The third-order valence-electron chi connectivity index (χ3n) is 3.06. The molecule has 1 aromatic heterocycles. The second-order valence-corrected chi connectivity index (χ2v) is 5.60. The number of nitrogens with zero attached hydrogens (tertiary/aromatic N) is 1. The molecule has 1 saturated carbocycles. The van der Waals surface area contributed by atoms with Crippen LogP contribution in [0.1, 0.15) is 30.6 Å². The van der Waals surface area contributed by atoms with Gasteiger partial charge in [-0.3, -0.25) is 10.1 Å². The number of ether oxygens (including phenoxy) is 1. The third kappa shape index (κ3) is 4.04. The average Bonchev–Trinajstić information content (AvgIpc) is 2.98. The van der Waals surface area contributed by atoms with Gasteiger partial charge in [-0.1, -0.05) is 24.2 Å². The Morgan fingerprint density at radius 2 is 2.22 bits per heavy atom. The minimum absolute atomic E-state index is 0.203. The summed E-state index contributed by atoms with van der Waals surface area (Å²) in [5.74, 6) is 0. The summed E-state index contributed by atoms with van der Waals surface area (Å²) in [7, 11) is 0. The van der Waals surface area contributed by atoms with Gasteiger partial charge in [-0.05, 0) is 18.9 Å². The molecule has 5 nitrogen and oxygen atoms in total. The summed E-state index contributed by atoms with van der Waals surface area (Å²) in [6, 6.07) is 3.35. The standard InChI is InChI=1S/C12H18N2O3S/c15-14(16)12-6-5-11(18-12)9-13-7-8-17-10-3-1-2-4-10/h5-6,10,13H,1-4,7-9H2. The lowest BCUT2D eigenvalue weighted by Gasteiger charge is -2.10. The molecular formula is C12H18N2O3S. The van der Waals surface area contributed by atoms with Gasteiger partial charge >= 0.3 is 5.00 Å². The summed E-state index contributed by atoms with van der Waals surface area (Å²) in [5.41, 5.74) is 0. The Morgan fingerprint density at radius 1 is 1.44 bits per heavy atom. The van der Waals surface area contributed by atoms with Crippen LogP contribution in [0.3, 0.4) is 0 Å². The van der Waals surface area contributed by atoms with Gasteiger partial charge in [0.25, 0.3) is 0 Å². The molecule has 0 amide bonds. The Balaban J connectivity index is 1.58. The van der Waals surface area contributed by atoms with E-state index in [1.807, 2.05) is 0 Å². The Hall–Kier alpha value is -0.980. The van der Waals surface area contributed by atoms with Crippen molar-refractivity contribution in [1.29, 1.82) is 0 Å². The van der Waals surface area contributed by atoms with Crippen molar-refractivity contribution in [1.82, 2.24) is 5.32 Å². The number of nitrogens with one attached hydrogen (secondary N) is 1. The van der Waals surface area contributed by atoms with Crippen LogP contribution in [-0.4, -0.2) is 24.2 Å². The smallest absolute Gasteiger partial charge is 0.324 e. The lowest BCUT2D eigenvalue weighted by molar-refractivity contribution is -0.380. The highest BCUT2D eigenvalue weighted by molar-refractivity contribution is 7.15. The number of rotatable bonds is 7. The molecule has 1 fully saturated rings. The second-order valence-electron chi connectivity index (χ2n) is 4.45. The molecule has 0 spiro atoms. The first kappa shape index (κ1) is 13.5. The van der Waals surface area contributed by atoms with Crippen LogP contribution in [0.15, 0.2) is 12.1 Å². The molecule has 1 aliphatic rings. The van der Waals surface area contributed by atoms with E-state index in [1.54, 1.807) is 12.1 Å². The molecule has 0 unspecified atom stereocenters. The zero-order chi connectivity index (χ0) is 12.8. The molecule has 0 aliphatic heterocycles. The van der Waals surface area contributed by atoms with Crippen molar-refractivity contribution < 1.29 is 9.66 Å². The molecule has 0 bridgehead atoms. The highest BCUT2D eigenvalue weighted by Crippen LogP contribution is 2.23. The second kappa shape index (κ2) is 6.82. The molecule has 0 atom stereocenters. The van der Waals surface area contributed by atoms with E-state index in [9.17, 15) is 10.1 Å². The number of thiophene rings is 1. The predicted molar refractivity (Wildman–Crippen MR) is 70.9 cm³/mol. The predicted octanol–water partition coefficient (Wildman–Crippen LogP) is 2.71. The number of hydrogen-bond acceptors (Lipinski definition) is 5. The topological polar surface area (TPSA) is 64.4 Å². The van der Waals surface area contributed by atoms with Crippen LogP contribution in [0.25, 0.3) is 0 Å². The highest BCUT2D eigenvalue weighted by Gasteiger charge is 2.14. The molecule has 1 aromatic rings. The molecule has 1 aliphatic carbocycles. The van der Waals surface area contributed by atoms with Crippen LogP contribution < -0.4 is 5.32 Å².